The third-order valence-corrected chi connectivity index (χ3v) is 7.05. The fourth-order valence-electron chi connectivity index (χ4n) is 5.49. The molecule has 0 saturated carbocycles. The van der Waals surface area contributed by atoms with E-state index in [0.717, 1.165) is 40.5 Å². The molecule has 0 bridgehead atoms. The molecule has 35 heavy (non-hydrogen) atoms. The number of allylic oxidation sites excluding steroid dienone is 1. The molecular formula is C33H23NO. The largest absolute Gasteiger partial charge is 0.456 e. The summed E-state index contributed by atoms with van der Waals surface area (Å²) in [7, 11) is 0. The first-order chi connectivity index (χ1) is 17.4. The quantitative estimate of drug-likeness (QED) is 0.252. The van der Waals surface area contributed by atoms with Crippen LogP contribution in [0.15, 0.2) is 109 Å². The highest BCUT2D eigenvalue weighted by atomic mass is 16.5. The van der Waals surface area contributed by atoms with Crippen molar-refractivity contribution in [2.75, 3.05) is 0 Å². The van der Waals surface area contributed by atoms with Crippen molar-refractivity contribution in [1.29, 1.82) is 0 Å². The van der Waals surface area contributed by atoms with E-state index in [1.807, 2.05) is 42.7 Å². The third-order valence-electron chi connectivity index (χ3n) is 7.05. The van der Waals surface area contributed by atoms with E-state index in [0.29, 0.717) is 0 Å². The van der Waals surface area contributed by atoms with Crippen molar-refractivity contribution in [3.8, 4) is 22.6 Å². The van der Waals surface area contributed by atoms with Gasteiger partial charge in [0.15, 0.2) is 0 Å². The zero-order valence-electron chi connectivity index (χ0n) is 19.2. The van der Waals surface area contributed by atoms with Crippen molar-refractivity contribution < 1.29 is 4.74 Å². The van der Waals surface area contributed by atoms with Crippen LogP contribution < -0.4 is 4.74 Å². The molecule has 1 aliphatic carbocycles. The monoisotopic (exact) mass is 449 g/mol. The van der Waals surface area contributed by atoms with Crippen LogP contribution in [0.3, 0.4) is 0 Å². The van der Waals surface area contributed by atoms with Gasteiger partial charge in [-0.2, -0.15) is 0 Å². The van der Waals surface area contributed by atoms with Crippen molar-refractivity contribution in [2.24, 2.45) is 0 Å². The van der Waals surface area contributed by atoms with Crippen LogP contribution in [-0.4, -0.2) is 4.98 Å². The number of hydrogen-bond donors (Lipinski definition) is 0. The molecular weight excluding hydrogens is 426 g/mol. The number of nitrogens with zero attached hydrogens (tertiary/aromatic N) is 1. The molecule has 166 valence electrons. The van der Waals surface area contributed by atoms with Gasteiger partial charge in [0.1, 0.15) is 11.5 Å². The molecule has 0 saturated heterocycles. The predicted octanol–water partition coefficient (Wildman–Crippen LogP) is 8.96. The van der Waals surface area contributed by atoms with Crippen molar-refractivity contribution in [3.63, 3.8) is 0 Å². The lowest BCUT2D eigenvalue weighted by atomic mass is 9.84. The average Bonchev–Trinajstić information content (AvgIpc) is 2.93. The minimum absolute atomic E-state index is 0.828. The van der Waals surface area contributed by atoms with E-state index in [2.05, 4.69) is 77.8 Å². The van der Waals surface area contributed by atoms with Crippen LogP contribution in [0.2, 0.25) is 0 Å². The van der Waals surface area contributed by atoms with E-state index in [1.165, 1.54) is 38.4 Å². The molecule has 7 rings (SSSR count). The van der Waals surface area contributed by atoms with E-state index >= 15 is 0 Å². The zero-order chi connectivity index (χ0) is 23.2. The van der Waals surface area contributed by atoms with Crippen LogP contribution in [0.4, 0.5) is 0 Å². The van der Waals surface area contributed by atoms with Crippen LogP contribution in [0, 0.1) is 0 Å². The molecule has 2 nitrogen and oxygen atoms in total. The fourth-order valence-corrected chi connectivity index (χ4v) is 5.49. The van der Waals surface area contributed by atoms with Crippen molar-refractivity contribution >= 4 is 38.4 Å². The Kier molecular flexibility index (Phi) is 4.63. The topological polar surface area (TPSA) is 22.1 Å². The highest BCUT2D eigenvalue weighted by molar-refractivity contribution is 6.20. The number of benzene rings is 5. The maximum atomic E-state index is 6.54. The minimum Gasteiger partial charge on any atom is -0.456 e. The second kappa shape index (κ2) is 8.11. The summed E-state index contributed by atoms with van der Waals surface area (Å²) >= 11 is 0. The summed E-state index contributed by atoms with van der Waals surface area (Å²) in [5.74, 6) is 1.70. The van der Waals surface area contributed by atoms with Crippen molar-refractivity contribution in [1.82, 2.24) is 4.98 Å². The van der Waals surface area contributed by atoms with Crippen LogP contribution >= 0.6 is 0 Å². The molecule has 0 unspecified atom stereocenters. The van der Waals surface area contributed by atoms with Crippen LogP contribution in [-0.2, 0) is 6.42 Å². The second-order valence-corrected chi connectivity index (χ2v) is 9.07. The lowest BCUT2D eigenvalue weighted by Crippen LogP contribution is -1.98. The van der Waals surface area contributed by atoms with Gasteiger partial charge in [0, 0.05) is 28.6 Å². The van der Waals surface area contributed by atoms with E-state index in [1.54, 1.807) is 0 Å². The summed E-state index contributed by atoms with van der Waals surface area (Å²) in [4.78, 5) is 4.55. The normalized spacial score (nSPS) is 12.8. The van der Waals surface area contributed by atoms with E-state index in [4.69, 9.17) is 4.74 Å². The van der Waals surface area contributed by atoms with Gasteiger partial charge in [0.05, 0.1) is 0 Å². The maximum Gasteiger partial charge on any atom is 0.143 e. The van der Waals surface area contributed by atoms with Crippen molar-refractivity contribution in [2.45, 2.75) is 12.8 Å². The molecule has 0 fully saturated rings. The number of hydrogen-bond acceptors (Lipinski definition) is 2. The molecule has 0 aliphatic heterocycles. The molecule has 2 heteroatoms. The SMILES string of the molecule is C1=Cc2c(cc(-c3c4ccccc4c(Oc4ccccc4)c4ccncc34)c3ccccc23)CC1. The van der Waals surface area contributed by atoms with Gasteiger partial charge in [-0.15, -0.1) is 0 Å². The summed E-state index contributed by atoms with van der Waals surface area (Å²) in [6.45, 7) is 0. The summed E-state index contributed by atoms with van der Waals surface area (Å²) < 4.78 is 6.54. The standard InChI is InChI=1S/C33H23NO/c1-2-11-23(12-3-1)35-33-28-17-9-8-16-27(28)32(31-21-34-19-18-29(31)33)30-20-22-10-4-5-13-24(22)25-14-6-7-15-26(25)30/h1-3,5-9,11-21H,4,10H2. The smallest absolute Gasteiger partial charge is 0.143 e. The van der Waals surface area contributed by atoms with Gasteiger partial charge in [0.2, 0.25) is 0 Å². The molecule has 0 amide bonds. The number of para-hydroxylation sites is 1. The van der Waals surface area contributed by atoms with Gasteiger partial charge in [-0.05, 0) is 75.5 Å². The number of ether oxygens (including phenoxy) is 1. The Balaban J connectivity index is 1.61. The second-order valence-electron chi connectivity index (χ2n) is 9.07. The van der Waals surface area contributed by atoms with Gasteiger partial charge in [-0.3, -0.25) is 4.98 Å². The van der Waals surface area contributed by atoms with Gasteiger partial charge in [-0.1, -0.05) is 78.9 Å². The Morgan fingerprint density at radius 1 is 0.657 bits per heavy atom. The van der Waals surface area contributed by atoms with Gasteiger partial charge in [-0.25, -0.2) is 0 Å². The molecule has 5 aromatic carbocycles. The molecule has 0 atom stereocenters. The average molecular weight is 450 g/mol. The van der Waals surface area contributed by atoms with Crippen LogP contribution in [0.25, 0.3) is 49.5 Å². The van der Waals surface area contributed by atoms with Crippen molar-refractivity contribution in [3.05, 3.63) is 121 Å². The fraction of sp³-hybridized carbons (Fsp3) is 0.0606. The molecule has 1 heterocycles. The Bertz CT molecular complexity index is 1710. The first-order valence-electron chi connectivity index (χ1n) is 12.1. The van der Waals surface area contributed by atoms with E-state index < -0.39 is 0 Å². The lowest BCUT2D eigenvalue weighted by Gasteiger charge is -2.21. The molecule has 0 N–H and O–H groups in total. The molecule has 0 spiro atoms. The zero-order valence-corrected chi connectivity index (χ0v) is 19.2. The van der Waals surface area contributed by atoms with Gasteiger partial charge < -0.3 is 4.74 Å². The van der Waals surface area contributed by atoms with Crippen LogP contribution in [0.5, 0.6) is 11.5 Å². The number of rotatable bonds is 3. The summed E-state index contributed by atoms with van der Waals surface area (Å²) in [6.07, 6.45) is 10.6. The molecule has 6 aromatic rings. The summed E-state index contributed by atoms with van der Waals surface area (Å²) in [6, 6.07) is 31.9. The first-order valence-corrected chi connectivity index (χ1v) is 12.1. The summed E-state index contributed by atoms with van der Waals surface area (Å²) in [5, 5.41) is 7.03. The van der Waals surface area contributed by atoms with Gasteiger partial charge >= 0.3 is 0 Å². The Morgan fingerprint density at radius 2 is 1.37 bits per heavy atom. The molecule has 1 aromatic heterocycles. The number of fused-ring (bicyclic) bond motifs is 5. The predicted molar refractivity (Wildman–Crippen MR) is 146 cm³/mol. The number of aromatic nitrogens is 1. The molecule has 0 radical (unpaired) electrons. The first kappa shape index (κ1) is 20.0. The van der Waals surface area contributed by atoms with E-state index in [9.17, 15) is 0 Å². The van der Waals surface area contributed by atoms with Gasteiger partial charge in [0.25, 0.3) is 0 Å². The molecule has 1 aliphatic rings. The Labute approximate surface area is 204 Å². The Morgan fingerprint density at radius 3 is 2.23 bits per heavy atom. The number of pyridine rings is 1. The third kappa shape index (κ3) is 3.22. The highest BCUT2D eigenvalue weighted by Crippen LogP contribution is 2.47. The number of aryl methyl sites for hydroxylation is 1. The van der Waals surface area contributed by atoms with Crippen LogP contribution in [0.1, 0.15) is 17.5 Å². The Hall–Kier alpha value is -4.43. The highest BCUT2D eigenvalue weighted by Gasteiger charge is 2.20. The van der Waals surface area contributed by atoms with E-state index in [-0.39, 0.29) is 0 Å². The minimum atomic E-state index is 0.828. The summed E-state index contributed by atoms with van der Waals surface area (Å²) in [5.41, 5.74) is 5.24. The lowest BCUT2D eigenvalue weighted by molar-refractivity contribution is 0.494. The maximum absolute atomic E-state index is 6.54.